The molecule has 1 fully saturated rings. The molecule has 4 rings (SSSR count). The summed E-state index contributed by atoms with van der Waals surface area (Å²) < 4.78 is 43.2. The number of aromatic nitrogens is 1. The van der Waals surface area contributed by atoms with Gasteiger partial charge in [-0.3, -0.25) is 14.5 Å². The molecule has 3 heterocycles. The number of rotatable bonds is 9. The van der Waals surface area contributed by atoms with E-state index in [0.717, 1.165) is 33.4 Å². The maximum atomic E-state index is 12.9. The van der Waals surface area contributed by atoms with Crippen LogP contribution in [0, 0.1) is 0 Å². The second kappa shape index (κ2) is 11.5. The lowest BCUT2D eigenvalue weighted by Crippen LogP contribution is -2.71. The minimum atomic E-state index is -5.40. The Hall–Kier alpha value is -4.65. The Morgan fingerprint density at radius 2 is 1.85 bits per heavy atom. The number of carboxylic acid groups (broad SMARTS) is 2. The maximum absolute atomic E-state index is 12.9. The Balaban J connectivity index is 1.49. The number of nitrogens with one attached hydrogen (secondary N) is 1. The van der Waals surface area contributed by atoms with E-state index < -0.39 is 53.0 Å². The monoisotopic (exact) mass is 615 g/mol. The minimum absolute atomic E-state index is 0.0167. The molecule has 19 heteroatoms. The maximum Gasteiger partial charge on any atom is 0.493 e. The summed E-state index contributed by atoms with van der Waals surface area (Å²) in [5.74, 6) is -7.07. The highest BCUT2D eigenvalue weighted by Gasteiger charge is 2.54. The average Bonchev–Trinajstić information content (AvgIpc) is 3.35. The Morgan fingerprint density at radius 3 is 2.41 bits per heavy atom. The van der Waals surface area contributed by atoms with Crippen molar-refractivity contribution < 1.29 is 56.9 Å². The number of ether oxygens (including phenoxy) is 1. The van der Waals surface area contributed by atoms with E-state index in [2.05, 4.69) is 20.3 Å². The molecule has 0 spiro atoms. The van der Waals surface area contributed by atoms with Crippen LogP contribution < -0.4 is 15.8 Å². The van der Waals surface area contributed by atoms with E-state index in [4.69, 9.17) is 15.6 Å². The summed E-state index contributed by atoms with van der Waals surface area (Å²) in [6.45, 7) is -0.249. The van der Waals surface area contributed by atoms with Gasteiger partial charge < -0.3 is 30.8 Å². The van der Waals surface area contributed by atoms with Crippen LogP contribution in [-0.4, -0.2) is 85.5 Å². The molecule has 0 saturated carbocycles. The predicted octanol–water partition coefficient (Wildman–Crippen LogP) is 1.05. The summed E-state index contributed by atoms with van der Waals surface area (Å²) in [5.41, 5.74) is 4.15. The number of aliphatic carboxylic acids is 1. The standard InChI is InChI=1S/C22H16F3N5O9S2/c23-22(24,25)20(37)39-29-12(11-7-41-21(26)27-11)15(31)28-13-16(32)30-14(19(35)36)9(6-40-17(13)30)5-38-10-3-1-8(2-4-10)18(33)34/h1-4,7,13,17H,5-6H2,(H2,26,27)(H,28,31)(H,33,34)(H,35,36)/t13?,17-/m0/s1. The topological polar surface area (TPSA) is 211 Å². The zero-order valence-electron chi connectivity index (χ0n) is 20.1. The largest absolute Gasteiger partial charge is 0.493 e. The van der Waals surface area contributed by atoms with Crippen LogP contribution in [-0.2, 0) is 24.0 Å². The van der Waals surface area contributed by atoms with Crippen LogP contribution >= 0.6 is 23.1 Å². The minimum Gasteiger partial charge on any atom is -0.489 e. The first-order chi connectivity index (χ1) is 19.3. The molecule has 2 atom stereocenters. The van der Waals surface area contributed by atoms with E-state index in [1.165, 1.54) is 24.3 Å². The van der Waals surface area contributed by atoms with Crippen molar-refractivity contribution in [3.05, 3.63) is 52.2 Å². The molecule has 2 amide bonds. The number of oxime groups is 1. The first-order valence-electron chi connectivity index (χ1n) is 11.0. The van der Waals surface area contributed by atoms with E-state index in [1.54, 1.807) is 0 Å². The number of hydrogen-bond acceptors (Lipinski definition) is 12. The van der Waals surface area contributed by atoms with Crippen LogP contribution in [0.15, 0.2) is 46.1 Å². The van der Waals surface area contributed by atoms with Crippen molar-refractivity contribution >= 4 is 63.7 Å². The highest BCUT2D eigenvalue weighted by atomic mass is 32.2. The van der Waals surface area contributed by atoms with Gasteiger partial charge >= 0.3 is 24.1 Å². The first kappa shape index (κ1) is 29.3. The van der Waals surface area contributed by atoms with Gasteiger partial charge in [-0.1, -0.05) is 5.16 Å². The van der Waals surface area contributed by atoms with Gasteiger partial charge in [-0.2, -0.15) is 13.2 Å². The lowest BCUT2D eigenvalue weighted by atomic mass is 10.0. The fourth-order valence-electron chi connectivity index (χ4n) is 3.61. The fourth-order valence-corrected chi connectivity index (χ4v) is 5.48. The molecule has 1 aromatic carbocycles. The highest BCUT2D eigenvalue weighted by molar-refractivity contribution is 8.00. The number of amides is 2. The highest BCUT2D eigenvalue weighted by Crippen LogP contribution is 2.40. The number of halogens is 3. The number of alkyl halides is 3. The van der Waals surface area contributed by atoms with E-state index in [9.17, 15) is 42.3 Å². The van der Waals surface area contributed by atoms with Gasteiger partial charge in [0.25, 0.3) is 11.8 Å². The van der Waals surface area contributed by atoms with Gasteiger partial charge in [-0.15, -0.1) is 23.1 Å². The fraction of sp³-hybridized carbons (Fsp3) is 0.227. The lowest BCUT2D eigenvalue weighted by molar-refractivity contribution is -0.199. The summed E-state index contributed by atoms with van der Waals surface area (Å²) in [5, 5.41) is 24.2. The molecule has 1 aromatic heterocycles. The normalized spacial score (nSPS) is 18.8. The number of thiazole rings is 1. The number of carboxylic acids is 2. The van der Waals surface area contributed by atoms with E-state index in [0.29, 0.717) is 0 Å². The van der Waals surface area contributed by atoms with Gasteiger partial charge in [-0.25, -0.2) is 19.4 Å². The Labute approximate surface area is 234 Å². The van der Waals surface area contributed by atoms with Crippen LogP contribution in [0.2, 0.25) is 0 Å². The molecule has 1 saturated heterocycles. The van der Waals surface area contributed by atoms with Crippen LogP contribution in [0.25, 0.3) is 0 Å². The zero-order chi connectivity index (χ0) is 30.1. The molecular weight excluding hydrogens is 599 g/mol. The molecule has 14 nitrogen and oxygen atoms in total. The number of carbonyl (C=O) groups excluding carboxylic acids is 3. The van der Waals surface area contributed by atoms with E-state index in [1.807, 2.05) is 0 Å². The molecule has 1 unspecified atom stereocenters. The van der Waals surface area contributed by atoms with Crippen molar-refractivity contribution in [1.29, 1.82) is 0 Å². The summed E-state index contributed by atoms with van der Waals surface area (Å²) in [6.07, 6.45) is -5.40. The van der Waals surface area contributed by atoms with Gasteiger partial charge in [0.15, 0.2) is 10.8 Å². The van der Waals surface area contributed by atoms with Crippen molar-refractivity contribution in [3.8, 4) is 5.75 Å². The van der Waals surface area contributed by atoms with Gasteiger partial charge in [-0.05, 0) is 24.3 Å². The molecule has 216 valence electrons. The molecule has 41 heavy (non-hydrogen) atoms. The molecule has 5 N–H and O–H groups in total. The molecule has 0 bridgehead atoms. The number of anilines is 1. The Bertz CT molecular complexity index is 1490. The third-order valence-electron chi connectivity index (χ3n) is 5.48. The Kier molecular flexibility index (Phi) is 8.19. The first-order valence-corrected chi connectivity index (χ1v) is 12.9. The van der Waals surface area contributed by atoms with Crippen molar-refractivity contribution in [2.24, 2.45) is 5.16 Å². The number of hydrogen-bond donors (Lipinski definition) is 4. The summed E-state index contributed by atoms with van der Waals surface area (Å²) in [6, 6.07) is 4.04. The molecule has 0 aliphatic carbocycles. The molecule has 2 aromatic rings. The van der Waals surface area contributed by atoms with E-state index in [-0.39, 0.29) is 45.8 Å². The second-order valence-corrected chi connectivity index (χ2v) is 10.1. The lowest BCUT2D eigenvalue weighted by Gasteiger charge is -2.49. The third kappa shape index (κ3) is 6.24. The zero-order valence-corrected chi connectivity index (χ0v) is 21.7. The number of thioether (sulfide) groups is 1. The molecular formula is C22H16F3N5O9S2. The predicted molar refractivity (Wildman–Crippen MR) is 134 cm³/mol. The number of benzene rings is 1. The number of aromatic carboxylic acids is 1. The summed E-state index contributed by atoms with van der Waals surface area (Å²) in [4.78, 5) is 68.4. The van der Waals surface area contributed by atoms with Crippen molar-refractivity contribution in [2.75, 3.05) is 18.1 Å². The number of nitrogen functional groups attached to an aromatic ring is 1. The number of carbonyl (C=O) groups is 5. The van der Waals surface area contributed by atoms with E-state index >= 15 is 0 Å². The van der Waals surface area contributed by atoms with Crippen LogP contribution in [0.5, 0.6) is 5.75 Å². The summed E-state index contributed by atoms with van der Waals surface area (Å²) >= 11 is 1.89. The number of β-lactam (4-membered cyclic amide) rings is 1. The number of nitrogens with zero attached hydrogens (tertiary/aromatic N) is 3. The SMILES string of the molecule is Nc1nc(C(=NOC(=O)C(F)(F)F)C(=O)NC2C(=O)N3C(C(=O)O)=C(COc4ccc(C(=O)O)cc4)CS[C@@H]23)cs1. The van der Waals surface area contributed by atoms with Crippen molar-refractivity contribution in [3.63, 3.8) is 0 Å². The Morgan fingerprint density at radius 1 is 1.17 bits per heavy atom. The van der Waals surface area contributed by atoms with Gasteiger partial charge in [0.1, 0.15) is 35.2 Å². The van der Waals surface area contributed by atoms with Gasteiger partial charge in [0.05, 0.1) is 5.56 Å². The third-order valence-corrected chi connectivity index (χ3v) is 7.50. The number of fused-ring (bicyclic) bond motifs is 1. The van der Waals surface area contributed by atoms with Gasteiger partial charge in [0, 0.05) is 16.7 Å². The second-order valence-electron chi connectivity index (χ2n) is 8.12. The van der Waals surface area contributed by atoms with Crippen LogP contribution in [0.4, 0.5) is 18.3 Å². The molecule has 2 aliphatic heterocycles. The average molecular weight is 616 g/mol. The summed E-state index contributed by atoms with van der Waals surface area (Å²) in [7, 11) is 0. The van der Waals surface area contributed by atoms with Gasteiger partial charge in [0.2, 0.25) is 0 Å². The number of nitrogens with two attached hydrogens (primary N) is 1. The van der Waals surface area contributed by atoms with Crippen LogP contribution in [0.3, 0.4) is 0 Å². The quantitative estimate of drug-likeness (QED) is 0.135. The van der Waals surface area contributed by atoms with Crippen molar-refractivity contribution in [1.82, 2.24) is 15.2 Å². The molecule has 0 radical (unpaired) electrons. The van der Waals surface area contributed by atoms with Crippen LogP contribution in [0.1, 0.15) is 16.1 Å². The smallest absolute Gasteiger partial charge is 0.489 e. The van der Waals surface area contributed by atoms with Crippen molar-refractivity contribution in [2.45, 2.75) is 17.6 Å². The molecule has 2 aliphatic rings.